The monoisotopic (exact) mass is 307 g/mol. The molecule has 0 N–H and O–H groups in total. The van der Waals surface area contributed by atoms with Gasteiger partial charge in [-0.25, -0.2) is 0 Å². The molecule has 120 valence electrons. The summed E-state index contributed by atoms with van der Waals surface area (Å²) in [6.07, 6.45) is 2.57. The lowest BCUT2D eigenvalue weighted by Crippen LogP contribution is -2.56. The van der Waals surface area contributed by atoms with Crippen LogP contribution in [0.25, 0.3) is 0 Å². The summed E-state index contributed by atoms with van der Waals surface area (Å²) >= 11 is 0. The van der Waals surface area contributed by atoms with Crippen LogP contribution < -0.4 is 0 Å². The van der Waals surface area contributed by atoms with Crippen LogP contribution in [0.5, 0.6) is 0 Å². The van der Waals surface area contributed by atoms with E-state index in [-0.39, 0.29) is 5.60 Å². The van der Waals surface area contributed by atoms with Crippen molar-refractivity contribution in [3.63, 3.8) is 0 Å². The molecule has 0 spiro atoms. The van der Waals surface area contributed by atoms with Gasteiger partial charge in [-0.1, -0.05) is 60.7 Å². The Labute approximate surface area is 139 Å². The van der Waals surface area contributed by atoms with E-state index in [4.69, 9.17) is 4.74 Å². The molecule has 0 amide bonds. The molecule has 1 atom stereocenters. The molecule has 0 aliphatic carbocycles. The zero-order chi connectivity index (χ0) is 15.7. The van der Waals surface area contributed by atoms with E-state index in [0.29, 0.717) is 5.92 Å². The summed E-state index contributed by atoms with van der Waals surface area (Å²) in [6.45, 7) is 3.31. The van der Waals surface area contributed by atoms with Crippen LogP contribution in [-0.2, 0) is 10.3 Å². The Morgan fingerprint density at radius 3 is 1.83 bits per heavy atom. The maximum absolute atomic E-state index is 6.37. The molecular formula is C21H25NO. The van der Waals surface area contributed by atoms with E-state index < -0.39 is 0 Å². The van der Waals surface area contributed by atoms with Gasteiger partial charge < -0.3 is 9.64 Å². The van der Waals surface area contributed by atoms with Crippen LogP contribution in [0, 0.1) is 11.8 Å². The second-order valence-electron chi connectivity index (χ2n) is 7.03. The molecule has 2 nitrogen and oxygen atoms in total. The Morgan fingerprint density at radius 2 is 1.39 bits per heavy atom. The number of benzene rings is 2. The van der Waals surface area contributed by atoms with E-state index >= 15 is 0 Å². The third-order valence-electron chi connectivity index (χ3n) is 5.75. The first-order valence-corrected chi connectivity index (χ1v) is 8.74. The first kappa shape index (κ1) is 14.9. The first-order valence-electron chi connectivity index (χ1n) is 8.74. The van der Waals surface area contributed by atoms with Crippen LogP contribution in [0.2, 0.25) is 0 Å². The fraction of sp³-hybridized carbons (Fsp3) is 0.429. The van der Waals surface area contributed by atoms with Gasteiger partial charge in [0.1, 0.15) is 5.60 Å². The van der Waals surface area contributed by atoms with Crippen LogP contribution >= 0.6 is 0 Å². The van der Waals surface area contributed by atoms with E-state index in [1.54, 1.807) is 0 Å². The largest absolute Gasteiger partial charge is 0.365 e. The van der Waals surface area contributed by atoms with Crippen molar-refractivity contribution in [2.45, 2.75) is 18.4 Å². The molecule has 2 aliphatic heterocycles. The minimum Gasteiger partial charge on any atom is -0.365 e. The van der Waals surface area contributed by atoms with Crippen molar-refractivity contribution in [1.82, 2.24) is 4.90 Å². The Kier molecular flexibility index (Phi) is 3.96. The number of piperidine rings is 1. The second-order valence-corrected chi connectivity index (χ2v) is 7.03. The van der Waals surface area contributed by atoms with Crippen molar-refractivity contribution in [2.24, 2.45) is 11.8 Å². The average Bonchev–Trinajstić information content (AvgIpc) is 2.58. The highest BCUT2D eigenvalue weighted by atomic mass is 16.5. The van der Waals surface area contributed by atoms with Gasteiger partial charge in [-0.15, -0.1) is 0 Å². The number of likely N-dealkylation sites (tertiary alicyclic amines) is 1. The van der Waals surface area contributed by atoms with E-state index in [0.717, 1.165) is 12.5 Å². The maximum atomic E-state index is 6.37. The molecule has 23 heavy (non-hydrogen) atoms. The predicted molar refractivity (Wildman–Crippen MR) is 93.3 cm³/mol. The second kappa shape index (κ2) is 6.10. The van der Waals surface area contributed by atoms with Gasteiger partial charge in [-0.05, 0) is 50.0 Å². The standard InChI is InChI=1S/C21H25NO/c1-22-14-12-17(13-15-22)20-16-23-21(20,18-8-4-2-5-9-18)19-10-6-3-7-11-19/h2-11,17,20H,12-16H2,1H3/t20-/m1/s1. The topological polar surface area (TPSA) is 12.5 Å². The van der Waals surface area contributed by atoms with Crippen molar-refractivity contribution in [3.8, 4) is 0 Å². The Balaban J connectivity index is 1.72. The van der Waals surface area contributed by atoms with E-state index in [2.05, 4.69) is 72.6 Å². The summed E-state index contributed by atoms with van der Waals surface area (Å²) in [7, 11) is 2.23. The predicted octanol–water partition coefficient (Wildman–Crippen LogP) is 3.92. The fourth-order valence-corrected chi connectivity index (χ4v) is 4.38. The van der Waals surface area contributed by atoms with Crippen LogP contribution in [0.3, 0.4) is 0 Å². The van der Waals surface area contributed by atoms with Crippen LogP contribution in [0.15, 0.2) is 60.7 Å². The van der Waals surface area contributed by atoms with Crippen molar-refractivity contribution >= 4 is 0 Å². The highest BCUT2D eigenvalue weighted by Gasteiger charge is 2.54. The molecule has 2 saturated heterocycles. The normalized spacial score (nSPS) is 25.0. The summed E-state index contributed by atoms with van der Waals surface area (Å²) in [5.41, 5.74) is 2.37. The lowest BCUT2D eigenvalue weighted by atomic mass is 9.65. The summed E-state index contributed by atoms with van der Waals surface area (Å²) in [4.78, 5) is 2.45. The highest BCUT2D eigenvalue weighted by Crippen LogP contribution is 2.52. The van der Waals surface area contributed by atoms with Crippen LogP contribution in [0.4, 0.5) is 0 Å². The Bertz CT molecular complexity index is 592. The SMILES string of the molecule is CN1CCC([C@H]2COC2(c2ccccc2)c2ccccc2)CC1. The molecule has 2 aromatic carbocycles. The molecule has 0 aromatic heterocycles. The molecular weight excluding hydrogens is 282 g/mol. The van der Waals surface area contributed by atoms with Gasteiger partial charge in [0.2, 0.25) is 0 Å². The zero-order valence-electron chi connectivity index (χ0n) is 13.8. The number of ether oxygens (including phenoxy) is 1. The number of nitrogens with zero attached hydrogens (tertiary/aromatic N) is 1. The maximum Gasteiger partial charge on any atom is 0.123 e. The van der Waals surface area contributed by atoms with E-state index in [1.165, 1.54) is 37.1 Å². The molecule has 2 heteroatoms. The summed E-state index contributed by atoms with van der Waals surface area (Å²) in [6, 6.07) is 21.6. The van der Waals surface area contributed by atoms with Crippen molar-refractivity contribution in [3.05, 3.63) is 71.8 Å². The van der Waals surface area contributed by atoms with E-state index in [9.17, 15) is 0 Å². The molecule has 2 aliphatic rings. The highest BCUT2D eigenvalue weighted by molar-refractivity contribution is 5.40. The summed E-state index contributed by atoms with van der Waals surface area (Å²) in [5, 5.41) is 0. The molecule has 0 unspecified atom stereocenters. The van der Waals surface area contributed by atoms with Crippen molar-refractivity contribution in [1.29, 1.82) is 0 Å². The molecule has 0 radical (unpaired) electrons. The number of hydrogen-bond donors (Lipinski definition) is 0. The molecule has 4 rings (SSSR count). The van der Waals surface area contributed by atoms with E-state index in [1.807, 2.05) is 0 Å². The van der Waals surface area contributed by atoms with Gasteiger partial charge in [0.25, 0.3) is 0 Å². The van der Waals surface area contributed by atoms with Gasteiger partial charge in [0, 0.05) is 5.92 Å². The van der Waals surface area contributed by atoms with Gasteiger partial charge in [-0.3, -0.25) is 0 Å². The quantitative estimate of drug-likeness (QED) is 0.852. The fourth-order valence-electron chi connectivity index (χ4n) is 4.38. The average molecular weight is 307 g/mol. The molecule has 0 bridgehead atoms. The van der Waals surface area contributed by atoms with Crippen LogP contribution in [-0.4, -0.2) is 31.6 Å². The minimum absolute atomic E-state index is 0.247. The molecule has 2 aromatic rings. The molecule has 0 saturated carbocycles. The first-order chi connectivity index (χ1) is 11.3. The Hall–Kier alpha value is -1.64. The third kappa shape index (κ3) is 2.50. The van der Waals surface area contributed by atoms with Crippen molar-refractivity contribution in [2.75, 3.05) is 26.7 Å². The smallest absolute Gasteiger partial charge is 0.123 e. The number of hydrogen-bond acceptors (Lipinski definition) is 2. The third-order valence-corrected chi connectivity index (χ3v) is 5.75. The van der Waals surface area contributed by atoms with Gasteiger partial charge in [0.15, 0.2) is 0 Å². The summed E-state index contributed by atoms with van der Waals surface area (Å²) in [5.74, 6) is 1.33. The van der Waals surface area contributed by atoms with Gasteiger partial charge in [-0.2, -0.15) is 0 Å². The molecule has 2 heterocycles. The van der Waals surface area contributed by atoms with Gasteiger partial charge in [0.05, 0.1) is 6.61 Å². The lowest BCUT2D eigenvalue weighted by Gasteiger charge is -2.54. The minimum atomic E-state index is -0.247. The Morgan fingerprint density at radius 1 is 0.870 bits per heavy atom. The van der Waals surface area contributed by atoms with Crippen molar-refractivity contribution < 1.29 is 4.74 Å². The molecule has 2 fully saturated rings. The summed E-state index contributed by atoms with van der Waals surface area (Å²) < 4.78 is 6.37. The zero-order valence-corrected chi connectivity index (χ0v) is 13.8. The van der Waals surface area contributed by atoms with Crippen LogP contribution in [0.1, 0.15) is 24.0 Å². The lowest BCUT2D eigenvalue weighted by molar-refractivity contribution is -0.209. The van der Waals surface area contributed by atoms with Gasteiger partial charge >= 0.3 is 0 Å². The number of rotatable bonds is 3.